The lowest BCUT2D eigenvalue weighted by atomic mass is 9.97. The fourth-order valence-electron chi connectivity index (χ4n) is 4.36. The van der Waals surface area contributed by atoms with Crippen molar-refractivity contribution in [2.24, 2.45) is 5.92 Å². The molecule has 0 radical (unpaired) electrons. The number of nitrogens with one attached hydrogen (secondary N) is 2. The van der Waals surface area contributed by atoms with Crippen molar-refractivity contribution in [2.75, 3.05) is 64.6 Å². The van der Waals surface area contributed by atoms with Crippen LogP contribution in [-0.2, 0) is 14.2 Å². The summed E-state index contributed by atoms with van der Waals surface area (Å²) in [6.07, 6.45) is 3.34. The van der Waals surface area contributed by atoms with Crippen LogP contribution in [0.25, 0.3) is 0 Å². The number of hydrogen-bond donors (Lipinski definition) is 2. The number of ether oxygens (including phenoxy) is 4. The summed E-state index contributed by atoms with van der Waals surface area (Å²) in [5.41, 5.74) is 0.712. The number of carbonyl (C=O) groups excluding carboxylic acids is 1. The average Bonchev–Trinajstić information content (AvgIpc) is 3.48. The number of amides is 2. The van der Waals surface area contributed by atoms with Crippen molar-refractivity contribution in [3.63, 3.8) is 0 Å². The Morgan fingerprint density at radius 2 is 2.07 bits per heavy atom. The van der Waals surface area contributed by atoms with E-state index in [0.717, 1.165) is 71.1 Å². The molecule has 0 saturated carbocycles. The van der Waals surface area contributed by atoms with Gasteiger partial charge in [-0.1, -0.05) is 6.07 Å². The van der Waals surface area contributed by atoms with Gasteiger partial charge in [0.05, 0.1) is 25.9 Å². The summed E-state index contributed by atoms with van der Waals surface area (Å²) in [6, 6.07) is 7.55. The molecule has 0 spiro atoms. The zero-order valence-electron chi connectivity index (χ0n) is 17.5. The number of morpholine rings is 1. The minimum atomic E-state index is -0.205. The van der Waals surface area contributed by atoms with Crippen LogP contribution >= 0.6 is 0 Å². The lowest BCUT2D eigenvalue weighted by Crippen LogP contribution is -2.52. The molecule has 3 atom stereocenters. The predicted octanol–water partition coefficient (Wildman–Crippen LogP) is 2.10. The van der Waals surface area contributed by atoms with Crippen molar-refractivity contribution in [3.05, 3.63) is 24.3 Å². The molecule has 0 aliphatic carbocycles. The van der Waals surface area contributed by atoms with Gasteiger partial charge in [0.25, 0.3) is 0 Å². The van der Waals surface area contributed by atoms with Gasteiger partial charge in [0.2, 0.25) is 0 Å². The second kappa shape index (κ2) is 10.9. The van der Waals surface area contributed by atoms with E-state index in [1.54, 1.807) is 0 Å². The number of hydrogen-bond acceptors (Lipinski definition) is 6. The first kappa shape index (κ1) is 21.4. The molecule has 3 saturated heterocycles. The third-order valence-corrected chi connectivity index (χ3v) is 6.05. The minimum absolute atomic E-state index is 0.168. The van der Waals surface area contributed by atoms with Gasteiger partial charge in [0.15, 0.2) is 0 Å². The van der Waals surface area contributed by atoms with E-state index in [9.17, 15) is 4.79 Å². The van der Waals surface area contributed by atoms with E-state index >= 15 is 0 Å². The molecular formula is C22H33N3O5. The summed E-state index contributed by atoms with van der Waals surface area (Å²) in [5, 5.41) is 5.98. The normalized spacial score (nSPS) is 25.7. The summed E-state index contributed by atoms with van der Waals surface area (Å²) in [5.74, 6) is 1.18. The molecule has 3 heterocycles. The first-order valence-electron chi connectivity index (χ1n) is 11.1. The van der Waals surface area contributed by atoms with E-state index in [0.29, 0.717) is 24.8 Å². The number of benzene rings is 1. The number of urea groups is 1. The van der Waals surface area contributed by atoms with Crippen molar-refractivity contribution in [2.45, 2.75) is 31.4 Å². The van der Waals surface area contributed by atoms with Crippen LogP contribution in [0.1, 0.15) is 19.3 Å². The van der Waals surface area contributed by atoms with Crippen molar-refractivity contribution in [1.82, 2.24) is 10.2 Å². The van der Waals surface area contributed by atoms with E-state index in [1.165, 1.54) is 0 Å². The summed E-state index contributed by atoms with van der Waals surface area (Å²) in [4.78, 5) is 15.0. The van der Waals surface area contributed by atoms with Crippen LogP contribution in [-0.4, -0.2) is 82.4 Å². The number of nitrogens with zero attached hydrogens (tertiary/aromatic N) is 1. The molecule has 0 bridgehead atoms. The van der Waals surface area contributed by atoms with E-state index in [2.05, 4.69) is 15.5 Å². The third kappa shape index (κ3) is 6.07. The molecule has 0 aromatic heterocycles. The fraction of sp³-hybridized carbons (Fsp3) is 0.682. The van der Waals surface area contributed by atoms with Gasteiger partial charge in [-0.3, -0.25) is 4.90 Å². The van der Waals surface area contributed by atoms with E-state index in [1.807, 2.05) is 24.3 Å². The highest BCUT2D eigenvalue weighted by atomic mass is 16.5. The maximum Gasteiger partial charge on any atom is 0.319 e. The van der Waals surface area contributed by atoms with Crippen molar-refractivity contribution >= 4 is 11.7 Å². The Morgan fingerprint density at radius 3 is 2.83 bits per heavy atom. The topological polar surface area (TPSA) is 81.3 Å². The lowest BCUT2D eigenvalue weighted by Gasteiger charge is -2.37. The Kier molecular flexibility index (Phi) is 7.80. The summed E-state index contributed by atoms with van der Waals surface area (Å²) in [7, 11) is 0. The molecule has 3 aliphatic rings. The van der Waals surface area contributed by atoms with Crippen LogP contribution in [0, 0.1) is 5.92 Å². The molecule has 1 aromatic carbocycles. The first-order chi connectivity index (χ1) is 14.8. The van der Waals surface area contributed by atoms with Gasteiger partial charge < -0.3 is 29.6 Å². The molecule has 3 unspecified atom stereocenters. The van der Waals surface area contributed by atoms with Crippen LogP contribution < -0.4 is 15.4 Å². The average molecular weight is 420 g/mol. The molecule has 8 heteroatoms. The van der Waals surface area contributed by atoms with Crippen LogP contribution in [0.5, 0.6) is 5.75 Å². The summed E-state index contributed by atoms with van der Waals surface area (Å²) >= 11 is 0. The Bertz CT molecular complexity index is 670. The number of anilines is 1. The van der Waals surface area contributed by atoms with E-state index in [-0.39, 0.29) is 18.2 Å². The Balaban J connectivity index is 1.27. The zero-order chi connectivity index (χ0) is 20.6. The summed E-state index contributed by atoms with van der Waals surface area (Å²) < 4.78 is 22.5. The Morgan fingerprint density at radius 1 is 1.17 bits per heavy atom. The predicted molar refractivity (Wildman–Crippen MR) is 113 cm³/mol. The van der Waals surface area contributed by atoms with Crippen molar-refractivity contribution < 1.29 is 23.7 Å². The van der Waals surface area contributed by atoms with E-state index < -0.39 is 0 Å². The standard InChI is InChI=1S/C22H33N3O5/c26-22(23-14-21(17-6-10-28-15-17)25-7-11-27-12-8-25)24-18-3-1-4-19(13-18)30-16-20-5-2-9-29-20/h1,3-4,13,17,20-21H,2,5-12,14-16H2,(H2,23,24,26). The molecule has 166 valence electrons. The molecular weight excluding hydrogens is 386 g/mol. The molecule has 3 aliphatic heterocycles. The largest absolute Gasteiger partial charge is 0.491 e. The van der Waals surface area contributed by atoms with Crippen LogP contribution in [0.3, 0.4) is 0 Å². The number of rotatable bonds is 8. The maximum atomic E-state index is 12.5. The van der Waals surface area contributed by atoms with Crippen LogP contribution in [0.2, 0.25) is 0 Å². The quantitative estimate of drug-likeness (QED) is 0.672. The molecule has 30 heavy (non-hydrogen) atoms. The molecule has 4 rings (SSSR count). The van der Waals surface area contributed by atoms with Crippen molar-refractivity contribution in [1.29, 1.82) is 0 Å². The van der Waals surface area contributed by atoms with Gasteiger partial charge in [-0.2, -0.15) is 0 Å². The SMILES string of the molecule is O=C(NCC(C1CCOC1)N1CCOCC1)Nc1cccc(OCC2CCCO2)c1. The van der Waals surface area contributed by atoms with Gasteiger partial charge in [0.1, 0.15) is 12.4 Å². The first-order valence-corrected chi connectivity index (χ1v) is 11.1. The highest BCUT2D eigenvalue weighted by Gasteiger charge is 2.31. The summed E-state index contributed by atoms with van der Waals surface area (Å²) in [6.45, 7) is 6.79. The number of carbonyl (C=O) groups is 1. The monoisotopic (exact) mass is 419 g/mol. The molecule has 1 aromatic rings. The van der Waals surface area contributed by atoms with Crippen molar-refractivity contribution in [3.8, 4) is 5.75 Å². The van der Waals surface area contributed by atoms with Gasteiger partial charge in [-0.15, -0.1) is 0 Å². The van der Waals surface area contributed by atoms with Crippen LogP contribution in [0.15, 0.2) is 24.3 Å². The second-order valence-corrected chi connectivity index (χ2v) is 8.15. The van der Waals surface area contributed by atoms with Crippen LogP contribution in [0.4, 0.5) is 10.5 Å². The molecule has 3 fully saturated rings. The van der Waals surface area contributed by atoms with Gasteiger partial charge in [-0.05, 0) is 31.4 Å². The highest BCUT2D eigenvalue weighted by molar-refractivity contribution is 5.89. The van der Waals surface area contributed by atoms with Gasteiger partial charge in [0, 0.05) is 56.6 Å². The lowest BCUT2D eigenvalue weighted by molar-refractivity contribution is 0.00222. The maximum absolute atomic E-state index is 12.5. The minimum Gasteiger partial charge on any atom is -0.491 e. The van der Waals surface area contributed by atoms with Gasteiger partial charge in [-0.25, -0.2) is 4.79 Å². The smallest absolute Gasteiger partial charge is 0.319 e. The Hall–Kier alpha value is -1.87. The molecule has 8 nitrogen and oxygen atoms in total. The molecule has 2 N–H and O–H groups in total. The zero-order valence-corrected chi connectivity index (χ0v) is 17.5. The highest BCUT2D eigenvalue weighted by Crippen LogP contribution is 2.22. The molecule has 2 amide bonds. The van der Waals surface area contributed by atoms with Gasteiger partial charge >= 0.3 is 6.03 Å². The second-order valence-electron chi connectivity index (χ2n) is 8.15. The fourth-order valence-corrected chi connectivity index (χ4v) is 4.36. The third-order valence-electron chi connectivity index (χ3n) is 6.05. The Labute approximate surface area is 178 Å². The van der Waals surface area contributed by atoms with E-state index in [4.69, 9.17) is 18.9 Å².